The fraction of sp³-hybridized carbons (Fsp3) is 0.667. The van der Waals surface area contributed by atoms with Crippen LogP contribution in [-0.4, -0.2) is 38.0 Å². The van der Waals surface area contributed by atoms with Crippen LogP contribution in [0, 0.1) is 6.92 Å². The molecule has 1 aromatic heterocycles. The van der Waals surface area contributed by atoms with Gasteiger partial charge in [-0.25, -0.2) is 4.98 Å². The topological polar surface area (TPSA) is 25.4 Å². The molecule has 16 heavy (non-hydrogen) atoms. The molecule has 0 bridgehead atoms. The van der Waals surface area contributed by atoms with E-state index in [0.29, 0.717) is 5.13 Å². The number of alkyl halides is 3. The average molecular weight is 254 g/mol. The molecule has 0 aliphatic heterocycles. The first-order chi connectivity index (χ1) is 7.42. The molecule has 0 aliphatic rings. The van der Waals surface area contributed by atoms with E-state index in [9.17, 15) is 13.2 Å². The van der Waals surface area contributed by atoms with Crippen molar-refractivity contribution in [1.29, 1.82) is 0 Å². The second-order valence-corrected chi connectivity index (χ2v) is 4.14. The number of nitrogens with zero attached hydrogens (tertiary/aromatic N) is 2. The largest absolute Gasteiger partial charge is 0.406 e. The quantitative estimate of drug-likeness (QED) is 0.807. The second kappa shape index (κ2) is 5.49. The average Bonchev–Trinajstić information content (AvgIpc) is 2.57. The Morgan fingerprint density at radius 1 is 1.50 bits per heavy atom. The maximum absolute atomic E-state index is 12.3. The minimum atomic E-state index is -4.23. The van der Waals surface area contributed by atoms with Crippen LogP contribution in [0.5, 0.6) is 0 Å². The Morgan fingerprint density at radius 3 is 2.62 bits per heavy atom. The van der Waals surface area contributed by atoms with E-state index >= 15 is 0 Å². The maximum Gasteiger partial charge on any atom is 0.406 e. The van der Waals surface area contributed by atoms with Crippen LogP contribution in [-0.2, 0) is 4.74 Å². The van der Waals surface area contributed by atoms with E-state index in [0.717, 1.165) is 5.69 Å². The summed E-state index contributed by atoms with van der Waals surface area (Å²) >= 11 is 1.21. The molecule has 0 atom stereocenters. The zero-order chi connectivity index (χ0) is 12.2. The number of anilines is 1. The van der Waals surface area contributed by atoms with E-state index in [1.165, 1.54) is 23.3 Å². The number of rotatable bonds is 5. The highest BCUT2D eigenvalue weighted by Gasteiger charge is 2.31. The summed E-state index contributed by atoms with van der Waals surface area (Å²) in [5.41, 5.74) is 0.726. The molecule has 0 aromatic carbocycles. The minimum Gasteiger partial charge on any atom is -0.383 e. The molecule has 0 saturated carbocycles. The van der Waals surface area contributed by atoms with Gasteiger partial charge in [0.25, 0.3) is 0 Å². The van der Waals surface area contributed by atoms with Gasteiger partial charge in [0.2, 0.25) is 0 Å². The molecule has 0 spiro atoms. The number of hydrogen-bond acceptors (Lipinski definition) is 4. The summed E-state index contributed by atoms with van der Waals surface area (Å²) in [6.45, 7) is 1.18. The first kappa shape index (κ1) is 13.2. The summed E-state index contributed by atoms with van der Waals surface area (Å²) in [5, 5.41) is 2.11. The van der Waals surface area contributed by atoms with Crippen LogP contribution in [0.1, 0.15) is 5.69 Å². The lowest BCUT2D eigenvalue weighted by molar-refractivity contribution is -0.119. The first-order valence-corrected chi connectivity index (χ1v) is 5.53. The molecule has 0 unspecified atom stereocenters. The number of aryl methyl sites for hydroxylation is 1. The third-order valence-electron chi connectivity index (χ3n) is 1.81. The molecule has 0 aliphatic carbocycles. The van der Waals surface area contributed by atoms with Crippen molar-refractivity contribution in [3.8, 4) is 0 Å². The van der Waals surface area contributed by atoms with E-state index < -0.39 is 12.7 Å². The van der Waals surface area contributed by atoms with Gasteiger partial charge in [0.15, 0.2) is 5.13 Å². The SMILES string of the molecule is COCCN(CC(F)(F)F)c1nc(C)cs1. The molecule has 1 heterocycles. The molecule has 0 saturated heterocycles. The number of ether oxygens (including phenoxy) is 1. The Balaban J connectivity index is 2.71. The number of thiazole rings is 1. The number of aromatic nitrogens is 1. The maximum atomic E-state index is 12.3. The molecule has 0 fully saturated rings. The van der Waals surface area contributed by atoms with Crippen LogP contribution in [0.15, 0.2) is 5.38 Å². The fourth-order valence-electron chi connectivity index (χ4n) is 1.15. The molecule has 3 nitrogen and oxygen atoms in total. The molecule has 0 radical (unpaired) electrons. The third-order valence-corrected chi connectivity index (χ3v) is 2.83. The van der Waals surface area contributed by atoms with Gasteiger partial charge in [-0.3, -0.25) is 0 Å². The Kier molecular flexibility index (Phi) is 4.55. The van der Waals surface area contributed by atoms with Crippen LogP contribution in [0.4, 0.5) is 18.3 Å². The van der Waals surface area contributed by atoms with Crippen molar-refractivity contribution in [3.05, 3.63) is 11.1 Å². The van der Waals surface area contributed by atoms with Crippen LogP contribution in [0.2, 0.25) is 0 Å². The normalized spacial score (nSPS) is 11.8. The molecule has 0 N–H and O–H groups in total. The lowest BCUT2D eigenvalue weighted by atomic mass is 10.5. The van der Waals surface area contributed by atoms with Crippen molar-refractivity contribution in [1.82, 2.24) is 4.98 Å². The lowest BCUT2D eigenvalue weighted by Gasteiger charge is -2.22. The smallest absolute Gasteiger partial charge is 0.383 e. The predicted octanol–water partition coefficient (Wildman–Crippen LogP) is 2.47. The standard InChI is InChI=1S/C9H13F3N2OS/c1-7-5-16-8(13-7)14(3-4-15-2)6-9(10,11)12/h5H,3-4,6H2,1-2H3. The number of hydrogen-bond donors (Lipinski definition) is 0. The Morgan fingerprint density at radius 2 is 2.19 bits per heavy atom. The second-order valence-electron chi connectivity index (χ2n) is 3.30. The molecule has 1 aromatic rings. The van der Waals surface area contributed by atoms with Crippen molar-refractivity contribution in [3.63, 3.8) is 0 Å². The lowest BCUT2D eigenvalue weighted by Crippen LogP contribution is -2.36. The Hall–Kier alpha value is -0.820. The van der Waals surface area contributed by atoms with Crippen LogP contribution >= 0.6 is 11.3 Å². The summed E-state index contributed by atoms with van der Waals surface area (Å²) in [6.07, 6.45) is -4.23. The van der Waals surface area contributed by atoms with Crippen molar-refractivity contribution in [2.45, 2.75) is 13.1 Å². The molecule has 0 amide bonds. The van der Waals surface area contributed by atoms with Crippen molar-refractivity contribution < 1.29 is 17.9 Å². The van der Waals surface area contributed by atoms with Gasteiger partial charge in [-0.05, 0) is 6.92 Å². The number of methoxy groups -OCH3 is 1. The van der Waals surface area contributed by atoms with Gasteiger partial charge in [0.1, 0.15) is 6.54 Å². The monoisotopic (exact) mass is 254 g/mol. The van der Waals surface area contributed by atoms with Crippen molar-refractivity contribution in [2.75, 3.05) is 31.7 Å². The van der Waals surface area contributed by atoms with E-state index in [4.69, 9.17) is 4.74 Å². The van der Waals surface area contributed by atoms with Crippen LogP contribution in [0.3, 0.4) is 0 Å². The van der Waals surface area contributed by atoms with Crippen molar-refractivity contribution in [2.24, 2.45) is 0 Å². The Bertz CT molecular complexity index is 327. The van der Waals surface area contributed by atoms with Gasteiger partial charge in [0, 0.05) is 19.0 Å². The van der Waals surface area contributed by atoms with Gasteiger partial charge < -0.3 is 9.64 Å². The fourth-order valence-corrected chi connectivity index (χ4v) is 1.98. The summed E-state index contributed by atoms with van der Waals surface area (Å²) in [4.78, 5) is 5.22. The zero-order valence-corrected chi connectivity index (χ0v) is 9.86. The molecular formula is C9H13F3N2OS. The molecule has 7 heteroatoms. The summed E-state index contributed by atoms with van der Waals surface area (Å²) < 4.78 is 41.7. The van der Waals surface area contributed by atoms with E-state index in [-0.39, 0.29) is 13.2 Å². The summed E-state index contributed by atoms with van der Waals surface area (Å²) in [6, 6.07) is 0. The van der Waals surface area contributed by atoms with Gasteiger partial charge in [-0.2, -0.15) is 13.2 Å². The van der Waals surface area contributed by atoms with Gasteiger partial charge in [-0.1, -0.05) is 0 Å². The highest BCUT2D eigenvalue weighted by atomic mass is 32.1. The predicted molar refractivity (Wildman–Crippen MR) is 57.0 cm³/mol. The zero-order valence-electron chi connectivity index (χ0n) is 9.04. The van der Waals surface area contributed by atoms with Crippen molar-refractivity contribution >= 4 is 16.5 Å². The molecule has 92 valence electrons. The number of halogens is 3. The van der Waals surface area contributed by atoms with Gasteiger partial charge >= 0.3 is 6.18 Å². The summed E-state index contributed by atoms with van der Waals surface area (Å²) in [7, 11) is 1.46. The summed E-state index contributed by atoms with van der Waals surface area (Å²) in [5.74, 6) is 0. The first-order valence-electron chi connectivity index (χ1n) is 4.65. The van der Waals surface area contributed by atoms with Crippen LogP contribution < -0.4 is 4.90 Å². The highest BCUT2D eigenvalue weighted by Crippen LogP contribution is 2.24. The van der Waals surface area contributed by atoms with Gasteiger partial charge in [-0.15, -0.1) is 11.3 Å². The highest BCUT2D eigenvalue weighted by molar-refractivity contribution is 7.13. The third kappa shape index (κ3) is 4.36. The van der Waals surface area contributed by atoms with E-state index in [2.05, 4.69) is 4.98 Å². The Labute approximate surface area is 95.9 Å². The van der Waals surface area contributed by atoms with Crippen LogP contribution in [0.25, 0.3) is 0 Å². The van der Waals surface area contributed by atoms with Gasteiger partial charge in [0.05, 0.1) is 12.3 Å². The van der Waals surface area contributed by atoms with E-state index in [1.807, 2.05) is 0 Å². The molecular weight excluding hydrogens is 241 g/mol. The minimum absolute atomic E-state index is 0.183. The molecule has 1 rings (SSSR count). The van der Waals surface area contributed by atoms with E-state index in [1.54, 1.807) is 12.3 Å².